The molecule has 0 unspecified atom stereocenters. The van der Waals surface area contributed by atoms with Crippen molar-refractivity contribution in [1.29, 1.82) is 0 Å². The van der Waals surface area contributed by atoms with Crippen LogP contribution in [-0.2, 0) is 0 Å². The number of allylic oxidation sites excluding steroid dienone is 1. The van der Waals surface area contributed by atoms with Crippen LogP contribution in [-0.4, -0.2) is 23.4 Å². The summed E-state index contributed by atoms with van der Waals surface area (Å²) in [5.74, 6) is 1.35. The first kappa shape index (κ1) is 16.9. The Morgan fingerprint density at radius 3 is 2.35 bits per heavy atom. The molecule has 0 aliphatic carbocycles. The zero-order valence-corrected chi connectivity index (χ0v) is 13.6. The van der Waals surface area contributed by atoms with E-state index in [9.17, 15) is 10.2 Å². The number of methoxy groups -OCH3 is 1. The highest BCUT2D eigenvalue weighted by atomic mass is 16.5. The van der Waals surface area contributed by atoms with Crippen LogP contribution in [0.3, 0.4) is 0 Å². The minimum atomic E-state index is -0.810. The van der Waals surface area contributed by atoms with Crippen LogP contribution < -0.4 is 9.47 Å². The molecule has 0 aromatic heterocycles. The number of rotatable bonds is 6. The molecule has 0 heterocycles. The van der Waals surface area contributed by atoms with Crippen LogP contribution in [0.15, 0.2) is 48.5 Å². The maximum absolute atomic E-state index is 10.4. The van der Waals surface area contributed by atoms with Gasteiger partial charge in [0.05, 0.1) is 7.11 Å². The Morgan fingerprint density at radius 2 is 1.74 bits per heavy atom. The molecule has 2 N–H and O–H groups in total. The first-order chi connectivity index (χ1) is 11.0. The lowest BCUT2D eigenvalue weighted by molar-refractivity contribution is 0.0451. The summed E-state index contributed by atoms with van der Waals surface area (Å²) in [5.41, 5.74) is 1.70. The van der Waals surface area contributed by atoms with E-state index in [1.807, 2.05) is 37.3 Å². The van der Waals surface area contributed by atoms with Gasteiger partial charge in [-0.2, -0.15) is 0 Å². The predicted octanol–water partition coefficient (Wildman–Crippen LogP) is 3.93. The van der Waals surface area contributed by atoms with E-state index in [-0.39, 0.29) is 5.75 Å². The van der Waals surface area contributed by atoms with Crippen LogP contribution in [0, 0.1) is 0 Å². The van der Waals surface area contributed by atoms with E-state index in [0.29, 0.717) is 17.1 Å². The number of phenolic OH excluding ortho intramolecular Hbond substituents is 1. The third kappa shape index (κ3) is 4.27. The number of aliphatic hydroxyl groups is 1. The van der Waals surface area contributed by atoms with Gasteiger partial charge in [-0.1, -0.05) is 30.4 Å². The quantitative estimate of drug-likeness (QED) is 0.848. The Bertz CT molecular complexity index is 662. The molecule has 0 saturated heterocycles. The number of hydrogen-bond acceptors (Lipinski definition) is 4. The van der Waals surface area contributed by atoms with Gasteiger partial charge in [0, 0.05) is 0 Å². The number of benzene rings is 2. The van der Waals surface area contributed by atoms with Gasteiger partial charge in [0.1, 0.15) is 18.0 Å². The Hall–Kier alpha value is -2.46. The minimum absolute atomic E-state index is 0.163. The van der Waals surface area contributed by atoms with Crippen molar-refractivity contribution in [3.63, 3.8) is 0 Å². The van der Waals surface area contributed by atoms with E-state index in [1.54, 1.807) is 26.2 Å². The highest BCUT2D eigenvalue weighted by molar-refractivity contribution is 5.55. The molecule has 2 rings (SSSR count). The Labute approximate surface area is 136 Å². The lowest BCUT2D eigenvalue weighted by Gasteiger charge is -2.22. The third-order valence-corrected chi connectivity index (χ3v) is 3.54. The molecular formula is C19H22O4. The van der Waals surface area contributed by atoms with E-state index in [0.717, 1.165) is 5.56 Å². The van der Waals surface area contributed by atoms with Crippen molar-refractivity contribution in [2.24, 2.45) is 0 Å². The summed E-state index contributed by atoms with van der Waals surface area (Å²) in [5, 5.41) is 19.7. The normalized spacial score (nSPS) is 13.7. The molecule has 0 spiro atoms. The smallest absolute Gasteiger partial charge is 0.161 e. The Balaban J connectivity index is 2.15. The fraction of sp³-hybridized carbons (Fsp3) is 0.263. The summed E-state index contributed by atoms with van der Waals surface area (Å²) < 4.78 is 11.2. The lowest BCUT2D eigenvalue weighted by atomic mass is 10.1. The van der Waals surface area contributed by atoms with Gasteiger partial charge in [0.25, 0.3) is 0 Å². The molecular weight excluding hydrogens is 292 g/mol. The number of hydrogen-bond donors (Lipinski definition) is 2. The molecule has 23 heavy (non-hydrogen) atoms. The second-order valence-corrected chi connectivity index (χ2v) is 5.27. The van der Waals surface area contributed by atoms with Crippen LogP contribution in [0.5, 0.6) is 17.2 Å². The SMILES string of the molecule is CC=Cc1ccc(O[C@H](C)[C@@H](O)c2ccc(O)cc2)c(OC)c1. The molecule has 0 saturated carbocycles. The third-order valence-electron chi connectivity index (χ3n) is 3.54. The summed E-state index contributed by atoms with van der Waals surface area (Å²) >= 11 is 0. The van der Waals surface area contributed by atoms with E-state index in [1.165, 1.54) is 12.1 Å². The molecule has 0 aliphatic rings. The molecule has 0 amide bonds. The standard InChI is InChI=1S/C19H22O4/c1-4-5-14-6-11-17(18(12-14)22-3)23-13(2)19(21)15-7-9-16(20)10-8-15/h4-13,19-21H,1-3H3/t13-,19-/m1/s1. The topological polar surface area (TPSA) is 58.9 Å². The monoisotopic (exact) mass is 314 g/mol. The van der Waals surface area contributed by atoms with Gasteiger partial charge in [0.15, 0.2) is 11.5 Å². The molecule has 0 aliphatic heterocycles. The zero-order chi connectivity index (χ0) is 16.8. The molecule has 0 fully saturated rings. The van der Waals surface area contributed by atoms with E-state index >= 15 is 0 Å². The average Bonchev–Trinajstić information content (AvgIpc) is 2.56. The number of aromatic hydroxyl groups is 1. The molecule has 4 nitrogen and oxygen atoms in total. The van der Waals surface area contributed by atoms with Crippen LogP contribution in [0.25, 0.3) is 6.08 Å². The lowest BCUT2D eigenvalue weighted by Crippen LogP contribution is -2.22. The largest absolute Gasteiger partial charge is 0.508 e. The van der Waals surface area contributed by atoms with E-state index < -0.39 is 12.2 Å². The van der Waals surface area contributed by atoms with Crippen molar-refractivity contribution in [3.05, 3.63) is 59.7 Å². The Morgan fingerprint density at radius 1 is 1.04 bits per heavy atom. The molecule has 4 heteroatoms. The fourth-order valence-corrected chi connectivity index (χ4v) is 2.28. The summed E-state index contributed by atoms with van der Waals surface area (Å²) in [4.78, 5) is 0. The average molecular weight is 314 g/mol. The van der Waals surface area contributed by atoms with Gasteiger partial charge in [-0.3, -0.25) is 0 Å². The molecule has 122 valence electrons. The van der Waals surface area contributed by atoms with Gasteiger partial charge in [0.2, 0.25) is 0 Å². The maximum atomic E-state index is 10.4. The summed E-state index contributed by atoms with van der Waals surface area (Å²) in [6.45, 7) is 3.74. The Kier molecular flexibility index (Phi) is 5.66. The molecule has 2 aromatic rings. The van der Waals surface area contributed by atoms with Crippen molar-refractivity contribution in [2.45, 2.75) is 26.1 Å². The highest BCUT2D eigenvalue weighted by Gasteiger charge is 2.19. The summed E-state index contributed by atoms with van der Waals surface area (Å²) in [6.07, 6.45) is 2.64. The van der Waals surface area contributed by atoms with Gasteiger partial charge in [-0.15, -0.1) is 0 Å². The van der Waals surface area contributed by atoms with E-state index in [2.05, 4.69) is 0 Å². The van der Waals surface area contributed by atoms with Gasteiger partial charge >= 0.3 is 0 Å². The molecule has 0 bridgehead atoms. The molecule has 0 radical (unpaired) electrons. The summed E-state index contributed by atoms with van der Waals surface area (Å²) in [6, 6.07) is 12.1. The van der Waals surface area contributed by atoms with Crippen molar-refractivity contribution < 1.29 is 19.7 Å². The van der Waals surface area contributed by atoms with Crippen LogP contribution >= 0.6 is 0 Å². The van der Waals surface area contributed by atoms with Crippen molar-refractivity contribution >= 4 is 6.08 Å². The first-order valence-corrected chi connectivity index (χ1v) is 7.49. The van der Waals surface area contributed by atoms with Crippen molar-refractivity contribution in [2.75, 3.05) is 7.11 Å². The predicted molar refractivity (Wildman–Crippen MR) is 90.9 cm³/mol. The number of ether oxygens (including phenoxy) is 2. The van der Waals surface area contributed by atoms with Crippen LogP contribution in [0.2, 0.25) is 0 Å². The van der Waals surface area contributed by atoms with E-state index in [4.69, 9.17) is 9.47 Å². The van der Waals surface area contributed by atoms with Crippen molar-refractivity contribution in [1.82, 2.24) is 0 Å². The zero-order valence-electron chi connectivity index (χ0n) is 13.6. The van der Waals surface area contributed by atoms with Crippen LogP contribution in [0.1, 0.15) is 31.1 Å². The maximum Gasteiger partial charge on any atom is 0.161 e. The van der Waals surface area contributed by atoms with Gasteiger partial charge < -0.3 is 19.7 Å². The number of phenols is 1. The van der Waals surface area contributed by atoms with Gasteiger partial charge in [-0.05, 0) is 49.2 Å². The van der Waals surface area contributed by atoms with Crippen LogP contribution in [0.4, 0.5) is 0 Å². The second kappa shape index (κ2) is 7.70. The first-order valence-electron chi connectivity index (χ1n) is 7.49. The second-order valence-electron chi connectivity index (χ2n) is 5.27. The van der Waals surface area contributed by atoms with Gasteiger partial charge in [-0.25, -0.2) is 0 Å². The minimum Gasteiger partial charge on any atom is -0.508 e. The highest BCUT2D eigenvalue weighted by Crippen LogP contribution is 2.31. The molecule has 2 aromatic carbocycles. The summed E-state index contributed by atoms with van der Waals surface area (Å²) in [7, 11) is 1.59. The van der Waals surface area contributed by atoms with Crippen molar-refractivity contribution in [3.8, 4) is 17.2 Å². The fourth-order valence-electron chi connectivity index (χ4n) is 2.28. The number of aliphatic hydroxyl groups excluding tert-OH is 1. The molecule has 2 atom stereocenters.